The fourth-order valence-electron chi connectivity index (χ4n) is 3.16. The largest absolute Gasteiger partial charge is 0.394 e. The predicted octanol–water partition coefficient (Wildman–Crippen LogP) is 4.98. The second kappa shape index (κ2) is 9.51. The molecule has 0 aliphatic carbocycles. The van der Waals surface area contributed by atoms with Crippen LogP contribution in [0.1, 0.15) is 41.5 Å². The number of benzene rings is 1. The van der Waals surface area contributed by atoms with E-state index in [0.29, 0.717) is 21.6 Å². The number of hydrogen-bond acceptors (Lipinski definition) is 4. The minimum Gasteiger partial charge on any atom is -0.394 e. The number of H-pyrrole nitrogens is 1. The number of aromatic nitrogens is 2. The Balaban J connectivity index is 1.82. The topological polar surface area (TPSA) is 90.0 Å². The Hall–Kier alpha value is -2.54. The summed E-state index contributed by atoms with van der Waals surface area (Å²) in [5.74, 6) is 0.360. The van der Waals surface area contributed by atoms with E-state index < -0.39 is 6.04 Å². The second-order valence-corrected chi connectivity index (χ2v) is 8.20. The van der Waals surface area contributed by atoms with Crippen LogP contribution in [0.25, 0.3) is 11.1 Å². The molecular weight excluding hydrogens is 423 g/mol. The van der Waals surface area contributed by atoms with Gasteiger partial charge in [0.05, 0.1) is 17.7 Å². The molecule has 0 aliphatic rings. The van der Waals surface area contributed by atoms with Gasteiger partial charge in [-0.15, -0.1) is 0 Å². The van der Waals surface area contributed by atoms with Gasteiger partial charge in [0.25, 0.3) is 5.91 Å². The van der Waals surface area contributed by atoms with Crippen molar-refractivity contribution >= 4 is 34.9 Å². The van der Waals surface area contributed by atoms with Crippen molar-refractivity contribution in [1.29, 1.82) is 0 Å². The monoisotopic (exact) mass is 446 g/mol. The zero-order chi connectivity index (χ0) is 21.8. The van der Waals surface area contributed by atoms with Crippen molar-refractivity contribution in [3.8, 4) is 11.1 Å². The van der Waals surface area contributed by atoms with Crippen LogP contribution in [0, 0.1) is 6.92 Å². The number of carbonyl (C=O) groups is 1. The van der Waals surface area contributed by atoms with Crippen LogP contribution in [0.15, 0.2) is 42.7 Å². The van der Waals surface area contributed by atoms with E-state index in [1.165, 1.54) is 0 Å². The lowest BCUT2D eigenvalue weighted by atomic mass is 10.0. The van der Waals surface area contributed by atoms with Crippen molar-refractivity contribution in [2.45, 2.75) is 32.9 Å². The highest BCUT2D eigenvalue weighted by molar-refractivity contribution is 6.33. The highest BCUT2D eigenvalue weighted by Crippen LogP contribution is 2.30. The number of carbonyl (C=O) groups excluding carboxylic acids is 1. The number of hydrogen-bond donors (Lipinski definition) is 4. The van der Waals surface area contributed by atoms with E-state index in [1.807, 2.05) is 32.9 Å². The molecule has 0 bridgehead atoms. The summed E-state index contributed by atoms with van der Waals surface area (Å²) < 4.78 is 0. The number of nitrogens with one attached hydrogen (secondary N) is 3. The number of aliphatic hydroxyl groups excluding tert-OH is 1. The lowest BCUT2D eigenvalue weighted by Gasteiger charge is -2.18. The van der Waals surface area contributed by atoms with E-state index in [1.54, 1.807) is 30.6 Å². The quantitative estimate of drug-likeness (QED) is 0.412. The van der Waals surface area contributed by atoms with Gasteiger partial charge in [-0.25, -0.2) is 4.98 Å². The number of nitrogens with zero attached hydrogens (tertiary/aromatic N) is 1. The zero-order valence-electron chi connectivity index (χ0n) is 17.0. The molecule has 2 aromatic heterocycles. The van der Waals surface area contributed by atoms with Gasteiger partial charge in [0.2, 0.25) is 0 Å². The fraction of sp³-hybridized carbons (Fsp3) is 0.273. The second-order valence-electron chi connectivity index (χ2n) is 7.36. The number of halogens is 2. The van der Waals surface area contributed by atoms with E-state index in [2.05, 4.69) is 20.6 Å². The summed E-state index contributed by atoms with van der Waals surface area (Å²) >= 11 is 12.4. The highest BCUT2D eigenvalue weighted by atomic mass is 35.5. The average molecular weight is 447 g/mol. The third kappa shape index (κ3) is 5.14. The molecule has 8 heteroatoms. The van der Waals surface area contributed by atoms with Gasteiger partial charge in [-0.1, -0.05) is 29.3 Å². The molecule has 158 valence electrons. The van der Waals surface area contributed by atoms with Gasteiger partial charge in [0, 0.05) is 34.6 Å². The molecule has 3 aromatic rings. The lowest BCUT2D eigenvalue weighted by molar-refractivity contribution is 0.0911. The minimum atomic E-state index is -0.575. The highest BCUT2D eigenvalue weighted by Gasteiger charge is 2.19. The van der Waals surface area contributed by atoms with Crippen molar-refractivity contribution in [2.24, 2.45) is 0 Å². The lowest BCUT2D eigenvalue weighted by Crippen LogP contribution is -2.31. The molecule has 30 heavy (non-hydrogen) atoms. The van der Waals surface area contributed by atoms with Crippen molar-refractivity contribution in [3.05, 3.63) is 69.6 Å². The third-order valence-electron chi connectivity index (χ3n) is 4.64. The maximum atomic E-state index is 12.8. The first-order valence-electron chi connectivity index (χ1n) is 9.57. The molecule has 3 rings (SSSR count). The molecule has 0 radical (unpaired) electrons. The summed E-state index contributed by atoms with van der Waals surface area (Å²) in [5.41, 5.74) is 3.58. The number of aromatic amines is 1. The summed E-state index contributed by atoms with van der Waals surface area (Å²) in [6.45, 7) is 5.70. The standard InChI is InChI=1S/C22H24Cl2N4O2/c1-12(2)27-21-8-17(18(24)10-26-21)14-6-19(25-9-14)22(30)28-20(11-29)16-7-15(23)5-4-13(16)3/h4-10,12,20,25,29H,11H2,1-3H3,(H,26,27)(H,28,30)/t20-/m1/s1. The molecule has 0 saturated heterocycles. The Morgan fingerprint density at radius 3 is 2.70 bits per heavy atom. The van der Waals surface area contributed by atoms with Gasteiger partial charge < -0.3 is 20.7 Å². The Morgan fingerprint density at radius 1 is 1.23 bits per heavy atom. The van der Waals surface area contributed by atoms with Crippen LogP contribution >= 0.6 is 23.2 Å². The summed E-state index contributed by atoms with van der Waals surface area (Å²) in [6, 6.07) is 8.59. The maximum absolute atomic E-state index is 12.8. The molecule has 6 nitrogen and oxygen atoms in total. The summed E-state index contributed by atoms with van der Waals surface area (Å²) in [4.78, 5) is 20.0. The zero-order valence-corrected chi connectivity index (χ0v) is 18.5. The van der Waals surface area contributed by atoms with E-state index in [4.69, 9.17) is 23.2 Å². The first-order valence-corrected chi connectivity index (χ1v) is 10.3. The van der Waals surface area contributed by atoms with Crippen LogP contribution in [0.3, 0.4) is 0 Å². The van der Waals surface area contributed by atoms with Crippen molar-refractivity contribution < 1.29 is 9.90 Å². The van der Waals surface area contributed by atoms with E-state index in [-0.39, 0.29) is 18.6 Å². The number of amides is 1. The molecule has 1 aromatic carbocycles. The maximum Gasteiger partial charge on any atom is 0.268 e. The van der Waals surface area contributed by atoms with Crippen LogP contribution in [0.2, 0.25) is 10.0 Å². The summed E-state index contributed by atoms with van der Waals surface area (Å²) in [7, 11) is 0. The number of pyridine rings is 1. The molecule has 0 aliphatic heterocycles. The number of aryl methyl sites for hydroxylation is 1. The van der Waals surface area contributed by atoms with E-state index >= 15 is 0 Å². The van der Waals surface area contributed by atoms with Gasteiger partial charge in [-0.3, -0.25) is 4.79 Å². The Morgan fingerprint density at radius 2 is 2.00 bits per heavy atom. The number of rotatable bonds is 7. The predicted molar refractivity (Wildman–Crippen MR) is 121 cm³/mol. The van der Waals surface area contributed by atoms with Crippen molar-refractivity contribution in [1.82, 2.24) is 15.3 Å². The number of anilines is 1. The number of aliphatic hydroxyl groups is 1. The molecule has 1 amide bonds. The fourth-order valence-corrected chi connectivity index (χ4v) is 3.55. The molecule has 0 saturated carbocycles. The molecule has 0 fully saturated rings. The molecule has 1 atom stereocenters. The summed E-state index contributed by atoms with van der Waals surface area (Å²) in [5, 5.41) is 16.9. The molecule has 4 N–H and O–H groups in total. The molecule has 0 unspecified atom stereocenters. The first-order chi connectivity index (χ1) is 14.3. The average Bonchev–Trinajstić information content (AvgIpc) is 3.19. The van der Waals surface area contributed by atoms with Gasteiger partial charge in [-0.2, -0.15) is 0 Å². The van der Waals surface area contributed by atoms with Crippen molar-refractivity contribution in [2.75, 3.05) is 11.9 Å². The smallest absolute Gasteiger partial charge is 0.268 e. The van der Waals surface area contributed by atoms with Gasteiger partial charge in [-0.05, 0) is 56.2 Å². The molecule has 2 heterocycles. The first kappa shape index (κ1) is 22.2. The van der Waals surface area contributed by atoms with E-state index in [0.717, 1.165) is 22.3 Å². The van der Waals surface area contributed by atoms with Crippen LogP contribution < -0.4 is 10.6 Å². The normalized spacial score (nSPS) is 12.1. The van der Waals surface area contributed by atoms with Crippen LogP contribution in [0.4, 0.5) is 5.82 Å². The Bertz CT molecular complexity index is 1050. The van der Waals surface area contributed by atoms with Gasteiger partial charge in [0.1, 0.15) is 11.5 Å². The van der Waals surface area contributed by atoms with Crippen LogP contribution in [-0.4, -0.2) is 33.6 Å². The van der Waals surface area contributed by atoms with E-state index in [9.17, 15) is 9.90 Å². The minimum absolute atomic E-state index is 0.226. The Labute approximate surface area is 185 Å². The third-order valence-corrected chi connectivity index (χ3v) is 5.17. The Kier molecular flexibility index (Phi) is 7.02. The molecular formula is C22H24Cl2N4O2. The SMILES string of the molecule is Cc1ccc(Cl)cc1[C@@H](CO)NC(=O)c1cc(-c2cc(NC(C)C)ncc2Cl)c[nH]1. The van der Waals surface area contributed by atoms with Gasteiger partial charge in [0.15, 0.2) is 0 Å². The molecule has 0 spiro atoms. The summed E-state index contributed by atoms with van der Waals surface area (Å²) in [6.07, 6.45) is 3.30. The van der Waals surface area contributed by atoms with Crippen molar-refractivity contribution in [3.63, 3.8) is 0 Å². The van der Waals surface area contributed by atoms with Gasteiger partial charge >= 0.3 is 0 Å². The van der Waals surface area contributed by atoms with Crippen LogP contribution in [0.5, 0.6) is 0 Å². The van der Waals surface area contributed by atoms with Crippen LogP contribution in [-0.2, 0) is 0 Å².